The van der Waals surface area contributed by atoms with E-state index in [4.69, 9.17) is 23.7 Å². The molecule has 0 aromatic heterocycles. The minimum atomic E-state index is -5.44. The van der Waals surface area contributed by atoms with Gasteiger partial charge in [-0.2, -0.15) is 17.2 Å². The van der Waals surface area contributed by atoms with Crippen LogP contribution < -0.4 is 0 Å². The van der Waals surface area contributed by atoms with Gasteiger partial charge in [0, 0.05) is 12.8 Å². The lowest BCUT2D eigenvalue weighted by molar-refractivity contribution is -0.228. The van der Waals surface area contributed by atoms with Gasteiger partial charge < -0.3 is 28.8 Å². The molecule has 17 heteroatoms. The number of rotatable bonds is 19. The Morgan fingerprint density at radius 3 is 1.94 bits per heavy atom. The maximum absolute atomic E-state index is 15.3. The monoisotopic (exact) mass is 942 g/mol. The van der Waals surface area contributed by atoms with Gasteiger partial charge >= 0.3 is 45.2 Å². The number of halogens is 2. The minimum absolute atomic E-state index is 0.0275. The Labute approximate surface area is 382 Å². The summed E-state index contributed by atoms with van der Waals surface area (Å²) in [6, 6.07) is 0. The molecule has 7 aliphatic carbocycles. The third-order valence-corrected chi connectivity index (χ3v) is 18.3. The Hall–Kier alpha value is -2.92. The average molecular weight is 943 g/mol. The summed E-state index contributed by atoms with van der Waals surface area (Å²) in [6.45, 7) is 9.95. The molecule has 14 nitrogen and oxygen atoms in total. The van der Waals surface area contributed by atoms with Gasteiger partial charge in [-0.3, -0.25) is 23.4 Å². The first kappa shape index (κ1) is 50.0. The third-order valence-electron chi connectivity index (χ3n) is 17.0. The fourth-order valence-corrected chi connectivity index (χ4v) is 15.0. The van der Waals surface area contributed by atoms with Crippen molar-refractivity contribution in [3.63, 3.8) is 0 Å². The molecule has 0 amide bonds. The summed E-state index contributed by atoms with van der Waals surface area (Å²) in [6.07, 6.45) is 7.84. The fraction of sp³-hybridized carbons (Fsp3) is 0.896. The molecule has 10 atom stereocenters. The van der Waals surface area contributed by atoms with Crippen molar-refractivity contribution in [1.29, 1.82) is 0 Å². The van der Waals surface area contributed by atoms with Crippen LogP contribution in [0.25, 0.3) is 0 Å². The zero-order valence-corrected chi connectivity index (χ0v) is 40.4. The van der Waals surface area contributed by atoms with Gasteiger partial charge in [-0.05, 0) is 180 Å². The van der Waals surface area contributed by atoms with Gasteiger partial charge in [0.15, 0.2) is 6.61 Å². The largest absolute Gasteiger partial charge is 0.463 e. The van der Waals surface area contributed by atoms with Crippen LogP contribution in [0.4, 0.5) is 8.78 Å². The zero-order chi connectivity index (χ0) is 47.8. The summed E-state index contributed by atoms with van der Waals surface area (Å²) in [5.74, 6) is -2.57. The van der Waals surface area contributed by atoms with Crippen LogP contribution in [-0.4, -0.2) is 91.9 Å². The molecule has 7 saturated carbocycles. The summed E-state index contributed by atoms with van der Waals surface area (Å²) in [5.41, 5.74) is -9.50. The van der Waals surface area contributed by atoms with E-state index in [0.717, 1.165) is 38.5 Å². The summed E-state index contributed by atoms with van der Waals surface area (Å²) in [5, 5.41) is 7.03. The molecule has 1 aliphatic heterocycles. The number of ether oxygens (including phenoxy) is 5. The van der Waals surface area contributed by atoms with Crippen molar-refractivity contribution in [1.82, 2.24) is 0 Å². The topological polar surface area (TPSA) is 195 Å². The van der Waals surface area contributed by atoms with Gasteiger partial charge in [0.05, 0.1) is 41.0 Å². The van der Waals surface area contributed by atoms with Crippen molar-refractivity contribution < 1.29 is 74.1 Å². The highest BCUT2D eigenvalue weighted by Crippen LogP contribution is 2.61. The number of esters is 5. The molecule has 8 fully saturated rings. The first-order valence-electron chi connectivity index (χ1n) is 23.9. The number of hydrogen-bond donors (Lipinski definition) is 1. The van der Waals surface area contributed by atoms with Crippen LogP contribution in [-0.2, 0) is 62.0 Å². The van der Waals surface area contributed by atoms with Gasteiger partial charge in [0.1, 0.15) is 11.2 Å². The number of aliphatic hydroxyl groups is 1. The van der Waals surface area contributed by atoms with Gasteiger partial charge in [-0.15, -0.1) is 0 Å². The number of cyclic esters (lactones) is 1. The standard InChI is InChI=1S/C48H72F2O14S/c1-29-32-11-12-33(18-32)34(29)23-42(4,39(54)63-45(7)14-9-10-15-45)25-44(6,38(53)62-35-13-16-60-36(35)51)26-43(5,24-41(2,3)37(52)61-28-48(49,50)65(57,58)59-8)40(55)64-47-21-30-17-31(22-47)20-46(56,19-30)27-47/h29-35,56H,9-28H2,1-8H3. The predicted octanol–water partition coefficient (Wildman–Crippen LogP) is 7.75. The molecule has 10 unspecified atom stereocenters. The molecule has 8 aliphatic rings. The van der Waals surface area contributed by atoms with E-state index >= 15 is 9.59 Å². The fourth-order valence-electron chi connectivity index (χ4n) is 14.5. The third kappa shape index (κ3) is 9.99. The molecule has 0 spiro atoms. The minimum Gasteiger partial charge on any atom is -0.463 e. The number of carbonyl (C=O) groups is 5. The van der Waals surface area contributed by atoms with Crippen LogP contribution in [0.5, 0.6) is 0 Å². The van der Waals surface area contributed by atoms with Crippen LogP contribution >= 0.6 is 0 Å². The Balaban J connectivity index is 1.27. The van der Waals surface area contributed by atoms with Gasteiger partial charge in [-0.25, -0.2) is 4.79 Å². The lowest BCUT2D eigenvalue weighted by Crippen LogP contribution is -2.61. The average Bonchev–Trinajstić information content (AvgIpc) is 3.99. The second kappa shape index (κ2) is 17.2. The van der Waals surface area contributed by atoms with Gasteiger partial charge in [0.2, 0.25) is 6.10 Å². The Morgan fingerprint density at radius 1 is 0.800 bits per heavy atom. The van der Waals surface area contributed by atoms with Crippen LogP contribution in [0.3, 0.4) is 0 Å². The van der Waals surface area contributed by atoms with E-state index in [1.807, 2.05) is 13.8 Å². The number of alkyl halides is 2. The van der Waals surface area contributed by atoms with Crippen molar-refractivity contribution in [2.75, 3.05) is 20.3 Å². The van der Waals surface area contributed by atoms with Gasteiger partial charge in [0.25, 0.3) is 0 Å². The highest BCUT2D eigenvalue weighted by molar-refractivity contribution is 7.87. The molecule has 6 bridgehead atoms. The second-order valence-electron chi connectivity index (χ2n) is 23.6. The van der Waals surface area contributed by atoms with E-state index in [1.165, 1.54) is 20.8 Å². The number of carbonyl (C=O) groups excluding carboxylic acids is 5. The zero-order valence-electron chi connectivity index (χ0n) is 39.6. The van der Waals surface area contributed by atoms with Crippen LogP contribution in [0, 0.1) is 57.2 Å². The van der Waals surface area contributed by atoms with E-state index < -0.39 is 109 Å². The lowest BCUT2D eigenvalue weighted by Gasteiger charge is -2.59. The molecule has 65 heavy (non-hydrogen) atoms. The molecule has 0 aromatic carbocycles. The first-order valence-corrected chi connectivity index (χ1v) is 25.3. The Bertz CT molecular complexity index is 1980. The van der Waals surface area contributed by atoms with E-state index in [0.29, 0.717) is 69.8 Å². The molecule has 1 N–H and O–H groups in total. The Morgan fingerprint density at radius 2 is 1.38 bits per heavy atom. The maximum atomic E-state index is 15.3. The molecule has 1 saturated heterocycles. The summed E-state index contributed by atoms with van der Waals surface area (Å²) in [7, 11) is -4.89. The normalized spacial score (nSPS) is 35.4. The van der Waals surface area contributed by atoms with E-state index in [-0.39, 0.29) is 43.6 Å². The van der Waals surface area contributed by atoms with Crippen LogP contribution in [0.1, 0.15) is 164 Å². The van der Waals surface area contributed by atoms with Crippen molar-refractivity contribution >= 4 is 40.0 Å². The highest BCUT2D eigenvalue weighted by atomic mass is 32.2. The molecule has 1 heterocycles. The Kier molecular flexibility index (Phi) is 13.3. The number of fused-ring (bicyclic) bond motifs is 2. The van der Waals surface area contributed by atoms with Crippen molar-refractivity contribution in [3.05, 3.63) is 0 Å². The highest BCUT2D eigenvalue weighted by Gasteiger charge is 2.62. The maximum Gasteiger partial charge on any atom is 0.403 e. The summed E-state index contributed by atoms with van der Waals surface area (Å²) in [4.78, 5) is 72.1. The molecule has 0 radical (unpaired) electrons. The smallest absolute Gasteiger partial charge is 0.403 e. The second-order valence-corrected chi connectivity index (χ2v) is 25.5. The first-order chi connectivity index (χ1) is 30.0. The van der Waals surface area contributed by atoms with E-state index in [9.17, 15) is 36.7 Å². The van der Waals surface area contributed by atoms with Crippen LogP contribution in [0.15, 0.2) is 0 Å². The van der Waals surface area contributed by atoms with Crippen molar-refractivity contribution in [3.8, 4) is 0 Å². The molecular weight excluding hydrogens is 871 g/mol. The molecule has 8 rings (SSSR count). The van der Waals surface area contributed by atoms with Crippen molar-refractivity contribution in [2.24, 2.45) is 57.2 Å². The van der Waals surface area contributed by atoms with E-state index in [1.54, 1.807) is 6.92 Å². The number of hydrogen-bond acceptors (Lipinski definition) is 14. The van der Waals surface area contributed by atoms with Crippen LogP contribution in [0.2, 0.25) is 0 Å². The van der Waals surface area contributed by atoms with E-state index in [2.05, 4.69) is 11.1 Å². The quantitative estimate of drug-likeness (QED) is 0.0750. The lowest BCUT2D eigenvalue weighted by atomic mass is 9.52. The molecule has 368 valence electrons. The molecule has 0 aromatic rings. The predicted molar refractivity (Wildman–Crippen MR) is 229 cm³/mol. The van der Waals surface area contributed by atoms with Crippen molar-refractivity contribution in [2.45, 2.75) is 192 Å². The summed E-state index contributed by atoms with van der Waals surface area (Å²) >= 11 is 0. The molecular formula is C48H72F2O14S. The van der Waals surface area contributed by atoms with Gasteiger partial charge in [-0.1, -0.05) is 6.92 Å². The SMILES string of the molecule is COS(=O)(=O)C(F)(F)COC(=O)C(C)(C)CC(C)(CC(C)(CC(C)(CC1C2CCC(C2)C1C)C(=O)OC1(C)CCCC1)C(=O)OC1CCOC1=O)C(=O)OC12CC3CC(CC(O)(C3)C1)C2. The summed E-state index contributed by atoms with van der Waals surface area (Å²) < 4.78 is 86.6.